The van der Waals surface area contributed by atoms with Gasteiger partial charge in [0.15, 0.2) is 0 Å². The average Bonchev–Trinajstić information content (AvgIpc) is 2.45. The van der Waals surface area contributed by atoms with Gasteiger partial charge < -0.3 is 4.18 Å². The third-order valence-corrected chi connectivity index (χ3v) is 6.72. The third-order valence-electron chi connectivity index (χ3n) is 3.14. The van der Waals surface area contributed by atoms with E-state index in [0.29, 0.717) is 6.61 Å². The summed E-state index contributed by atoms with van der Waals surface area (Å²) in [6, 6.07) is 7.83. The minimum atomic E-state index is -3.92. The molecule has 0 aliphatic heterocycles. The fourth-order valence-corrected chi connectivity index (χ4v) is 4.50. The van der Waals surface area contributed by atoms with Crippen LogP contribution in [0.4, 0.5) is 0 Å². The molecule has 21 heavy (non-hydrogen) atoms. The summed E-state index contributed by atoms with van der Waals surface area (Å²) in [4.78, 5) is 0. The molecule has 1 atom stereocenters. The summed E-state index contributed by atoms with van der Waals surface area (Å²) in [5, 5.41) is 0. The van der Waals surface area contributed by atoms with Crippen LogP contribution in [0.25, 0.3) is 0 Å². The van der Waals surface area contributed by atoms with Crippen LogP contribution in [0.5, 0.6) is 0 Å². The molecule has 2 N–H and O–H groups in total. The molecular weight excluding hydrogens is 308 g/mol. The van der Waals surface area contributed by atoms with Crippen molar-refractivity contribution in [3.63, 3.8) is 0 Å². The van der Waals surface area contributed by atoms with Gasteiger partial charge in [-0.1, -0.05) is 57.4 Å². The minimum Gasteiger partial charge on any atom is -0.311 e. The molecule has 0 heterocycles. The van der Waals surface area contributed by atoms with E-state index in [1.807, 2.05) is 24.3 Å². The Balaban J connectivity index is 2.70. The summed E-state index contributed by atoms with van der Waals surface area (Å²) in [7, 11) is -5.29. The van der Waals surface area contributed by atoms with Gasteiger partial charge in [0.05, 0.1) is 6.61 Å². The zero-order chi connectivity index (χ0) is 15.7. The Morgan fingerprint density at radius 2 is 1.86 bits per heavy atom. The SMILES string of the molecule is CCCCCCOS(Cc1cccc(CC)c1)=S(=O)(O)O. The first kappa shape index (κ1) is 18.6. The molecule has 0 saturated carbocycles. The van der Waals surface area contributed by atoms with Crippen molar-refractivity contribution < 1.29 is 17.5 Å². The number of hydrogen-bond donors (Lipinski definition) is 2. The van der Waals surface area contributed by atoms with Gasteiger partial charge in [0, 0.05) is 15.5 Å². The Morgan fingerprint density at radius 1 is 1.14 bits per heavy atom. The molecule has 0 fully saturated rings. The van der Waals surface area contributed by atoms with Crippen LogP contribution < -0.4 is 0 Å². The van der Waals surface area contributed by atoms with Gasteiger partial charge in [-0.25, -0.2) is 4.21 Å². The molecule has 0 saturated heterocycles. The topological polar surface area (TPSA) is 66.8 Å². The van der Waals surface area contributed by atoms with Gasteiger partial charge in [-0.05, 0) is 24.0 Å². The van der Waals surface area contributed by atoms with Gasteiger partial charge in [0.2, 0.25) is 9.05 Å². The molecule has 0 spiro atoms. The maximum absolute atomic E-state index is 11.6. The molecule has 1 aromatic carbocycles. The molecule has 0 amide bonds. The lowest BCUT2D eigenvalue weighted by atomic mass is 10.1. The number of rotatable bonds is 9. The highest BCUT2D eigenvalue weighted by atomic mass is 32.9. The second kappa shape index (κ2) is 9.58. The summed E-state index contributed by atoms with van der Waals surface area (Å²) >= 11 is 0. The number of benzene rings is 1. The maximum atomic E-state index is 11.6. The van der Waals surface area contributed by atoms with Crippen LogP contribution in [0.15, 0.2) is 24.3 Å². The molecule has 122 valence electrons. The van der Waals surface area contributed by atoms with Gasteiger partial charge in [0.1, 0.15) is 0 Å². The molecule has 0 bridgehead atoms. The van der Waals surface area contributed by atoms with Crippen molar-refractivity contribution in [2.45, 2.75) is 51.7 Å². The monoisotopic (exact) mass is 334 g/mol. The van der Waals surface area contributed by atoms with Crippen molar-refractivity contribution in [1.82, 2.24) is 0 Å². The minimum absolute atomic E-state index is 0.271. The number of aryl methyl sites for hydroxylation is 1. The van der Waals surface area contributed by atoms with Crippen LogP contribution >= 0.6 is 0 Å². The second-order valence-corrected chi connectivity index (χ2v) is 9.40. The van der Waals surface area contributed by atoms with Crippen molar-refractivity contribution >= 4 is 18.8 Å². The summed E-state index contributed by atoms with van der Waals surface area (Å²) in [6.07, 6.45) is 5.06. The lowest BCUT2D eigenvalue weighted by Gasteiger charge is -2.12. The standard InChI is InChI=1S/C15H26O4S2/c1-3-5-6-7-11-19-20(21(16,17)18)13-15-10-8-9-14(4-2)12-15/h8-10,12H,3-7,11,13H2,1-2H3,(H2,16,17,18). The molecule has 1 unspecified atom stereocenters. The number of hydrogen-bond acceptors (Lipinski definition) is 2. The van der Waals surface area contributed by atoms with Crippen LogP contribution in [0.1, 0.15) is 50.7 Å². The fraction of sp³-hybridized carbons (Fsp3) is 0.600. The highest BCUT2D eigenvalue weighted by molar-refractivity contribution is 8.40. The van der Waals surface area contributed by atoms with E-state index in [0.717, 1.165) is 37.7 Å². The first-order valence-electron chi connectivity index (χ1n) is 7.39. The molecule has 1 rings (SSSR count). The Morgan fingerprint density at radius 3 is 2.48 bits per heavy atom. The van der Waals surface area contributed by atoms with Gasteiger partial charge >= 0.3 is 0 Å². The first-order valence-corrected chi connectivity index (χ1v) is 10.7. The van der Waals surface area contributed by atoms with Crippen LogP contribution in [0, 0.1) is 0 Å². The van der Waals surface area contributed by atoms with E-state index in [4.69, 9.17) is 4.18 Å². The van der Waals surface area contributed by atoms with E-state index in [1.54, 1.807) is 0 Å². The van der Waals surface area contributed by atoms with Crippen molar-refractivity contribution in [2.24, 2.45) is 0 Å². The van der Waals surface area contributed by atoms with Gasteiger partial charge in [-0.3, -0.25) is 9.11 Å². The molecule has 1 aromatic rings. The predicted molar refractivity (Wildman–Crippen MR) is 90.4 cm³/mol. The molecular formula is C15H26O4S2. The molecule has 4 nitrogen and oxygen atoms in total. The van der Waals surface area contributed by atoms with Crippen LogP contribution in [0.3, 0.4) is 0 Å². The van der Waals surface area contributed by atoms with E-state index in [-0.39, 0.29) is 5.75 Å². The van der Waals surface area contributed by atoms with Crippen molar-refractivity contribution in [3.8, 4) is 0 Å². The Labute approximate surface area is 130 Å². The summed E-state index contributed by atoms with van der Waals surface area (Å²) < 4.78 is 35.9. The molecule has 0 aromatic heterocycles. The van der Waals surface area contributed by atoms with Gasteiger partial charge in [0.25, 0.3) is 0 Å². The third kappa shape index (κ3) is 7.42. The summed E-state index contributed by atoms with van der Waals surface area (Å²) in [5.74, 6) is 0.271. The average molecular weight is 335 g/mol. The van der Waals surface area contributed by atoms with Crippen molar-refractivity contribution in [1.29, 1.82) is 0 Å². The molecule has 0 aliphatic rings. The molecule has 0 radical (unpaired) electrons. The van der Waals surface area contributed by atoms with E-state index < -0.39 is 18.8 Å². The lowest BCUT2D eigenvalue weighted by molar-refractivity contribution is 0.347. The normalized spacial score (nSPS) is 13.3. The summed E-state index contributed by atoms with van der Waals surface area (Å²) in [6.45, 7) is 4.60. The van der Waals surface area contributed by atoms with E-state index >= 15 is 0 Å². The van der Waals surface area contributed by atoms with Crippen molar-refractivity contribution in [3.05, 3.63) is 35.4 Å². The Kier molecular flexibility index (Phi) is 8.51. The van der Waals surface area contributed by atoms with E-state index in [2.05, 4.69) is 13.8 Å². The quantitative estimate of drug-likeness (QED) is 0.669. The zero-order valence-corrected chi connectivity index (χ0v) is 14.4. The highest BCUT2D eigenvalue weighted by Gasteiger charge is 2.10. The lowest BCUT2D eigenvalue weighted by Crippen LogP contribution is -2.13. The fourth-order valence-electron chi connectivity index (χ4n) is 1.94. The first-order chi connectivity index (χ1) is 9.97. The molecule has 0 aliphatic carbocycles. The second-order valence-electron chi connectivity index (χ2n) is 4.95. The summed E-state index contributed by atoms with van der Waals surface area (Å²) in [5.41, 5.74) is 2.09. The van der Waals surface area contributed by atoms with E-state index in [1.165, 1.54) is 5.56 Å². The van der Waals surface area contributed by atoms with Crippen LogP contribution in [-0.4, -0.2) is 19.9 Å². The van der Waals surface area contributed by atoms with Crippen molar-refractivity contribution in [2.75, 3.05) is 6.61 Å². The van der Waals surface area contributed by atoms with Crippen LogP contribution in [0.2, 0.25) is 0 Å². The zero-order valence-electron chi connectivity index (χ0n) is 12.8. The Bertz CT molecular complexity index is 540. The molecule has 6 heteroatoms. The maximum Gasteiger partial charge on any atom is 0.247 e. The predicted octanol–water partition coefficient (Wildman–Crippen LogP) is 4.02. The largest absolute Gasteiger partial charge is 0.311 e. The highest BCUT2D eigenvalue weighted by Crippen LogP contribution is 2.12. The van der Waals surface area contributed by atoms with E-state index in [9.17, 15) is 13.3 Å². The van der Waals surface area contributed by atoms with Gasteiger partial charge in [-0.2, -0.15) is 0 Å². The van der Waals surface area contributed by atoms with Gasteiger partial charge in [-0.15, -0.1) is 0 Å². The smallest absolute Gasteiger partial charge is 0.247 e. The van der Waals surface area contributed by atoms with Crippen LogP contribution in [-0.2, 0) is 35.1 Å². The number of unbranched alkanes of at least 4 members (excludes halogenated alkanes) is 3. The Hall–Kier alpha value is -0.400.